The van der Waals surface area contributed by atoms with Gasteiger partial charge in [0.1, 0.15) is 18.1 Å². The lowest BCUT2D eigenvalue weighted by atomic mass is 9.86. The van der Waals surface area contributed by atoms with Gasteiger partial charge in [-0.15, -0.1) is 0 Å². The van der Waals surface area contributed by atoms with Crippen molar-refractivity contribution in [2.45, 2.75) is 32.8 Å². The summed E-state index contributed by atoms with van der Waals surface area (Å²) in [5.74, 6) is 1.76. The van der Waals surface area contributed by atoms with E-state index < -0.39 is 0 Å². The van der Waals surface area contributed by atoms with Crippen molar-refractivity contribution < 1.29 is 9.47 Å². The first kappa shape index (κ1) is 15.9. The molecule has 112 valence electrons. The van der Waals surface area contributed by atoms with Crippen molar-refractivity contribution in [2.24, 2.45) is 0 Å². The molecule has 21 heavy (non-hydrogen) atoms. The van der Waals surface area contributed by atoms with Crippen molar-refractivity contribution >= 4 is 15.9 Å². The molecule has 0 atom stereocenters. The summed E-state index contributed by atoms with van der Waals surface area (Å²) in [6.45, 7) is 7.08. The number of methoxy groups -OCH3 is 1. The Morgan fingerprint density at radius 2 is 1.76 bits per heavy atom. The van der Waals surface area contributed by atoms with Crippen molar-refractivity contribution in [1.82, 2.24) is 0 Å². The highest BCUT2D eigenvalue weighted by Gasteiger charge is 2.18. The number of hydrogen-bond donors (Lipinski definition) is 0. The minimum absolute atomic E-state index is 0.0577. The van der Waals surface area contributed by atoms with Gasteiger partial charge >= 0.3 is 0 Å². The first-order chi connectivity index (χ1) is 9.91. The standard InChI is InChI=1S/C18H21BrO2/c1-18(2,3)15-7-5-6-8-17(15)21-12-13-11-14(20-4)9-10-16(13)19/h5-11H,12H2,1-4H3. The zero-order valence-corrected chi connectivity index (χ0v) is 14.5. The van der Waals surface area contributed by atoms with E-state index in [4.69, 9.17) is 9.47 Å². The first-order valence-electron chi connectivity index (χ1n) is 6.96. The van der Waals surface area contributed by atoms with Gasteiger partial charge in [0.15, 0.2) is 0 Å². The summed E-state index contributed by atoms with van der Waals surface area (Å²) >= 11 is 3.56. The molecule has 2 rings (SSSR count). The Hall–Kier alpha value is -1.48. The van der Waals surface area contributed by atoms with Gasteiger partial charge < -0.3 is 9.47 Å². The molecule has 0 aromatic heterocycles. The average molecular weight is 349 g/mol. The molecular formula is C18H21BrO2. The topological polar surface area (TPSA) is 18.5 Å². The third kappa shape index (κ3) is 4.01. The summed E-state index contributed by atoms with van der Waals surface area (Å²) < 4.78 is 12.3. The van der Waals surface area contributed by atoms with Crippen molar-refractivity contribution in [3.63, 3.8) is 0 Å². The number of para-hydroxylation sites is 1. The fourth-order valence-corrected chi connectivity index (χ4v) is 2.52. The lowest BCUT2D eigenvalue weighted by Gasteiger charge is -2.22. The molecule has 0 saturated heterocycles. The van der Waals surface area contributed by atoms with Crippen LogP contribution in [0, 0.1) is 0 Å². The Labute approximate surface area is 135 Å². The van der Waals surface area contributed by atoms with Crippen LogP contribution in [0.3, 0.4) is 0 Å². The monoisotopic (exact) mass is 348 g/mol. The van der Waals surface area contributed by atoms with E-state index in [1.807, 2.05) is 30.3 Å². The summed E-state index contributed by atoms with van der Waals surface area (Å²) in [7, 11) is 1.67. The maximum atomic E-state index is 6.04. The quantitative estimate of drug-likeness (QED) is 0.742. The summed E-state index contributed by atoms with van der Waals surface area (Å²) in [6, 6.07) is 14.1. The number of hydrogen-bond acceptors (Lipinski definition) is 2. The maximum absolute atomic E-state index is 6.04. The maximum Gasteiger partial charge on any atom is 0.123 e. The van der Waals surface area contributed by atoms with Crippen LogP contribution in [-0.4, -0.2) is 7.11 Å². The van der Waals surface area contributed by atoms with Gasteiger partial charge in [0.25, 0.3) is 0 Å². The summed E-state index contributed by atoms with van der Waals surface area (Å²) in [5.41, 5.74) is 2.34. The van der Waals surface area contributed by atoms with Crippen LogP contribution in [0.5, 0.6) is 11.5 Å². The van der Waals surface area contributed by atoms with Gasteiger partial charge in [0.2, 0.25) is 0 Å². The van der Waals surface area contributed by atoms with E-state index in [9.17, 15) is 0 Å². The number of ether oxygens (including phenoxy) is 2. The van der Waals surface area contributed by atoms with E-state index in [0.29, 0.717) is 6.61 Å². The molecule has 0 saturated carbocycles. The van der Waals surface area contributed by atoms with E-state index in [1.54, 1.807) is 7.11 Å². The minimum atomic E-state index is 0.0577. The number of benzene rings is 2. The van der Waals surface area contributed by atoms with Crippen molar-refractivity contribution in [3.05, 3.63) is 58.1 Å². The summed E-state index contributed by atoms with van der Waals surface area (Å²) in [6.07, 6.45) is 0. The van der Waals surface area contributed by atoms with E-state index in [2.05, 4.69) is 48.8 Å². The van der Waals surface area contributed by atoms with Crippen LogP contribution in [0.15, 0.2) is 46.9 Å². The average Bonchev–Trinajstić information content (AvgIpc) is 2.46. The van der Waals surface area contributed by atoms with E-state index >= 15 is 0 Å². The van der Waals surface area contributed by atoms with Crippen LogP contribution < -0.4 is 9.47 Å². The molecule has 0 fully saturated rings. The Kier molecular flexibility index (Phi) is 4.94. The molecule has 0 unspecified atom stereocenters. The van der Waals surface area contributed by atoms with E-state index in [0.717, 1.165) is 21.5 Å². The lowest BCUT2D eigenvalue weighted by Crippen LogP contribution is -2.13. The van der Waals surface area contributed by atoms with Gasteiger partial charge in [-0.2, -0.15) is 0 Å². The largest absolute Gasteiger partial charge is 0.497 e. The van der Waals surface area contributed by atoms with Gasteiger partial charge in [-0.05, 0) is 35.2 Å². The third-order valence-electron chi connectivity index (χ3n) is 3.33. The third-order valence-corrected chi connectivity index (χ3v) is 4.10. The number of halogens is 1. The highest BCUT2D eigenvalue weighted by atomic mass is 79.9. The molecule has 0 bridgehead atoms. The lowest BCUT2D eigenvalue weighted by molar-refractivity contribution is 0.296. The predicted octanol–water partition coefficient (Wildman–Crippen LogP) is 5.33. The van der Waals surface area contributed by atoms with Gasteiger partial charge in [0.05, 0.1) is 7.11 Å². The second kappa shape index (κ2) is 6.52. The molecule has 0 aliphatic carbocycles. The summed E-state index contributed by atoms with van der Waals surface area (Å²) in [5, 5.41) is 0. The molecule has 0 aliphatic rings. The van der Waals surface area contributed by atoms with Gasteiger partial charge in [-0.25, -0.2) is 0 Å². The number of rotatable bonds is 4. The molecule has 3 heteroatoms. The SMILES string of the molecule is COc1ccc(Br)c(COc2ccccc2C(C)(C)C)c1. The molecule has 2 nitrogen and oxygen atoms in total. The van der Waals surface area contributed by atoms with Gasteiger partial charge in [0, 0.05) is 10.0 Å². The molecule has 2 aromatic rings. The van der Waals surface area contributed by atoms with Crippen LogP contribution in [0.1, 0.15) is 31.9 Å². The summed E-state index contributed by atoms with van der Waals surface area (Å²) in [4.78, 5) is 0. The molecular weight excluding hydrogens is 328 g/mol. The van der Waals surface area contributed by atoms with Crippen molar-refractivity contribution in [1.29, 1.82) is 0 Å². The van der Waals surface area contributed by atoms with Crippen LogP contribution in [0.4, 0.5) is 0 Å². The van der Waals surface area contributed by atoms with Crippen LogP contribution in [0.25, 0.3) is 0 Å². The molecule has 0 amide bonds. The zero-order chi connectivity index (χ0) is 15.5. The zero-order valence-electron chi connectivity index (χ0n) is 12.9. The Morgan fingerprint density at radius 1 is 1.05 bits per heavy atom. The highest BCUT2D eigenvalue weighted by molar-refractivity contribution is 9.10. The van der Waals surface area contributed by atoms with Crippen LogP contribution in [0.2, 0.25) is 0 Å². The van der Waals surface area contributed by atoms with Crippen molar-refractivity contribution in [3.8, 4) is 11.5 Å². The predicted molar refractivity (Wildman–Crippen MR) is 90.2 cm³/mol. The first-order valence-corrected chi connectivity index (χ1v) is 7.76. The van der Waals surface area contributed by atoms with Gasteiger partial charge in [-0.1, -0.05) is 54.9 Å². The molecule has 0 N–H and O–H groups in total. The fraction of sp³-hybridized carbons (Fsp3) is 0.333. The van der Waals surface area contributed by atoms with E-state index in [-0.39, 0.29) is 5.41 Å². The van der Waals surface area contributed by atoms with Gasteiger partial charge in [-0.3, -0.25) is 0 Å². The van der Waals surface area contributed by atoms with E-state index in [1.165, 1.54) is 5.56 Å². The molecule has 0 heterocycles. The second-order valence-electron chi connectivity index (χ2n) is 5.99. The molecule has 0 radical (unpaired) electrons. The van der Waals surface area contributed by atoms with Crippen LogP contribution >= 0.6 is 15.9 Å². The second-order valence-corrected chi connectivity index (χ2v) is 6.85. The molecule has 0 aliphatic heterocycles. The molecule has 2 aromatic carbocycles. The van der Waals surface area contributed by atoms with Crippen LogP contribution in [-0.2, 0) is 12.0 Å². The Balaban J connectivity index is 2.21. The Morgan fingerprint density at radius 3 is 2.43 bits per heavy atom. The molecule has 0 spiro atoms. The Bertz CT molecular complexity index is 615. The fourth-order valence-electron chi connectivity index (χ4n) is 2.16. The van der Waals surface area contributed by atoms with Crippen molar-refractivity contribution in [2.75, 3.05) is 7.11 Å². The highest BCUT2D eigenvalue weighted by Crippen LogP contribution is 2.32. The minimum Gasteiger partial charge on any atom is -0.497 e. The smallest absolute Gasteiger partial charge is 0.123 e. The normalized spacial score (nSPS) is 11.3.